The lowest BCUT2D eigenvalue weighted by Gasteiger charge is -2.19. The summed E-state index contributed by atoms with van der Waals surface area (Å²) in [5.74, 6) is 0.609. The number of nitrogens with zero attached hydrogens (tertiary/aromatic N) is 1. The van der Waals surface area contributed by atoms with E-state index in [4.69, 9.17) is 0 Å². The van der Waals surface area contributed by atoms with Crippen molar-refractivity contribution >= 4 is 34.5 Å². The van der Waals surface area contributed by atoms with E-state index >= 15 is 0 Å². The molecule has 0 spiro atoms. The first kappa shape index (κ1) is 19.1. The Morgan fingerprint density at radius 2 is 2.19 bits per heavy atom. The fraction of sp³-hybridized carbons (Fsp3) is 0.500. The van der Waals surface area contributed by atoms with Gasteiger partial charge in [0.05, 0.1) is 18.0 Å². The van der Waals surface area contributed by atoms with E-state index in [1.165, 1.54) is 23.3 Å². The van der Waals surface area contributed by atoms with Crippen molar-refractivity contribution < 1.29 is 9.59 Å². The fourth-order valence-corrected chi connectivity index (χ4v) is 5.19. The molecule has 0 saturated carbocycles. The lowest BCUT2D eigenvalue weighted by molar-refractivity contribution is -0.121. The predicted molar refractivity (Wildman–Crippen MR) is 108 cm³/mol. The second-order valence-electron chi connectivity index (χ2n) is 6.75. The highest BCUT2D eigenvalue weighted by Gasteiger charge is 2.24. The molecular weight excluding hydrogens is 364 g/mol. The van der Waals surface area contributed by atoms with Gasteiger partial charge in [-0.15, -0.1) is 22.7 Å². The first-order chi connectivity index (χ1) is 12.6. The molecule has 0 aromatic carbocycles. The third-order valence-corrected chi connectivity index (χ3v) is 7.12. The van der Waals surface area contributed by atoms with Gasteiger partial charge in [-0.25, -0.2) is 0 Å². The molecular formula is C20H26N2O2S2. The summed E-state index contributed by atoms with van der Waals surface area (Å²) in [4.78, 5) is 30.0. The molecule has 2 aromatic rings. The molecule has 1 aliphatic rings. The van der Waals surface area contributed by atoms with Crippen LogP contribution in [-0.4, -0.2) is 29.8 Å². The van der Waals surface area contributed by atoms with Crippen molar-refractivity contribution in [2.45, 2.75) is 46.1 Å². The maximum atomic E-state index is 12.9. The molecule has 6 heteroatoms. The topological polar surface area (TPSA) is 49.4 Å². The van der Waals surface area contributed by atoms with E-state index < -0.39 is 0 Å². The normalized spacial score (nSPS) is 16.2. The number of aryl methyl sites for hydroxylation is 1. The van der Waals surface area contributed by atoms with Gasteiger partial charge < -0.3 is 10.2 Å². The summed E-state index contributed by atoms with van der Waals surface area (Å²) >= 11 is 3.23. The van der Waals surface area contributed by atoms with Crippen molar-refractivity contribution in [3.05, 3.63) is 43.8 Å². The Bertz CT molecular complexity index is 752. The lowest BCUT2D eigenvalue weighted by Crippen LogP contribution is -2.40. The standard InChI is InChI=1S/C20H26N2O2S2/c1-3-14-7-8-17-15(10-14)11-18(26-17)20(24)22(4-2)13-19(23)21-12-16-6-5-9-25-16/h5-6,9,11,14H,3-4,7-8,10,12-13H2,1-2H3,(H,21,23). The molecule has 0 radical (unpaired) electrons. The molecule has 1 aliphatic carbocycles. The molecule has 2 heterocycles. The minimum Gasteiger partial charge on any atom is -0.350 e. The second kappa shape index (κ2) is 8.82. The second-order valence-corrected chi connectivity index (χ2v) is 8.92. The van der Waals surface area contributed by atoms with E-state index in [1.54, 1.807) is 27.6 Å². The monoisotopic (exact) mass is 390 g/mol. The fourth-order valence-electron chi connectivity index (χ4n) is 3.36. The summed E-state index contributed by atoms with van der Waals surface area (Å²) in [6, 6.07) is 6.03. The van der Waals surface area contributed by atoms with Crippen LogP contribution in [0.2, 0.25) is 0 Å². The van der Waals surface area contributed by atoms with Gasteiger partial charge in [0.15, 0.2) is 0 Å². The maximum absolute atomic E-state index is 12.9. The molecule has 0 aliphatic heterocycles. The van der Waals surface area contributed by atoms with Crippen molar-refractivity contribution in [1.82, 2.24) is 10.2 Å². The van der Waals surface area contributed by atoms with Gasteiger partial charge in [-0.05, 0) is 55.2 Å². The van der Waals surface area contributed by atoms with Gasteiger partial charge in [0.1, 0.15) is 0 Å². The van der Waals surface area contributed by atoms with Crippen LogP contribution < -0.4 is 5.32 Å². The maximum Gasteiger partial charge on any atom is 0.264 e. The van der Waals surface area contributed by atoms with Crippen LogP contribution in [0.3, 0.4) is 0 Å². The van der Waals surface area contributed by atoms with Crippen LogP contribution in [0.25, 0.3) is 0 Å². The first-order valence-electron chi connectivity index (χ1n) is 9.30. The van der Waals surface area contributed by atoms with E-state index in [9.17, 15) is 9.59 Å². The molecule has 4 nitrogen and oxygen atoms in total. The molecule has 0 bridgehead atoms. The lowest BCUT2D eigenvalue weighted by atomic mass is 9.87. The van der Waals surface area contributed by atoms with E-state index in [0.717, 1.165) is 28.5 Å². The summed E-state index contributed by atoms with van der Waals surface area (Å²) in [5, 5.41) is 4.89. The van der Waals surface area contributed by atoms with E-state index in [1.807, 2.05) is 24.4 Å². The average molecular weight is 391 g/mol. The average Bonchev–Trinajstić information content (AvgIpc) is 3.32. The van der Waals surface area contributed by atoms with E-state index in [0.29, 0.717) is 13.1 Å². The molecule has 2 aromatic heterocycles. The van der Waals surface area contributed by atoms with Gasteiger partial charge in [-0.3, -0.25) is 9.59 Å². The van der Waals surface area contributed by atoms with Crippen LogP contribution in [0.15, 0.2) is 23.6 Å². The number of hydrogen-bond acceptors (Lipinski definition) is 4. The Kier molecular flexibility index (Phi) is 6.48. The number of carbonyl (C=O) groups is 2. The molecule has 1 N–H and O–H groups in total. The third-order valence-electron chi connectivity index (χ3n) is 5.02. The highest BCUT2D eigenvalue weighted by atomic mass is 32.1. The van der Waals surface area contributed by atoms with Crippen LogP contribution in [0, 0.1) is 5.92 Å². The minimum atomic E-state index is -0.110. The number of thiophene rings is 2. The number of likely N-dealkylation sites (N-methyl/N-ethyl adjacent to an activating group) is 1. The summed E-state index contributed by atoms with van der Waals surface area (Å²) in [6.45, 7) is 5.33. The van der Waals surface area contributed by atoms with Gasteiger partial charge >= 0.3 is 0 Å². The quantitative estimate of drug-likeness (QED) is 0.774. The third kappa shape index (κ3) is 4.54. The largest absolute Gasteiger partial charge is 0.350 e. The highest BCUT2D eigenvalue weighted by molar-refractivity contribution is 7.14. The smallest absolute Gasteiger partial charge is 0.264 e. The number of hydrogen-bond donors (Lipinski definition) is 1. The zero-order valence-corrected chi connectivity index (χ0v) is 17.0. The molecule has 26 heavy (non-hydrogen) atoms. The number of carbonyl (C=O) groups excluding carboxylic acids is 2. The Labute approximate surface area is 163 Å². The Hall–Kier alpha value is -1.66. The van der Waals surface area contributed by atoms with Crippen LogP contribution in [0.1, 0.15) is 51.7 Å². The number of rotatable bonds is 7. The summed E-state index contributed by atoms with van der Waals surface area (Å²) in [6.07, 6.45) is 4.59. The van der Waals surface area contributed by atoms with Crippen molar-refractivity contribution in [2.75, 3.05) is 13.1 Å². The van der Waals surface area contributed by atoms with Gasteiger partial charge in [0.2, 0.25) is 5.91 Å². The molecule has 0 saturated heterocycles. The minimum absolute atomic E-state index is 0.0220. The van der Waals surface area contributed by atoms with Crippen LogP contribution in [-0.2, 0) is 24.2 Å². The van der Waals surface area contributed by atoms with Crippen LogP contribution >= 0.6 is 22.7 Å². The summed E-state index contributed by atoms with van der Waals surface area (Å²) in [7, 11) is 0. The molecule has 3 rings (SSSR count). The van der Waals surface area contributed by atoms with Crippen LogP contribution in [0.5, 0.6) is 0 Å². The van der Waals surface area contributed by atoms with Gasteiger partial charge in [0, 0.05) is 16.3 Å². The van der Waals surface area contributed by atoms with Gasteiger partial charge in [-0.2, -0.15) is 0 Å². The number of amides is 2. The Balaban J connectivity index is 1.60. The molecule has 2 amide bonds. The van der Waals surface area contributed by atoms with Crippen molar-refractivity contribution in [1.29, 1.82) is 0 Å². The van der Waals surface area contributed by atoms with Gasteiger partial charge in [-0.1, -0.05) is 19.4 Å². The molecule has 140 valence electrons. The zero-order valence-electron chi connectivity index (χ0n) is 15.4. The van der Waals surface area contributed by atoms with Crippen molar-refractivity contribution in [3.8, 4) is 0 Å². The first-order valence-corrected chi connectivity index (χ1v) is 11.0. The molecule has 1 atom stereocenters. The molecule has 0 fully saturated rings. The molecule has 1 unspecified atom stereocenters. The van der Waals surface area contributed by atoms with Crippen LogP contribution in [0.4, 0.5) is 0 Å². The van der Waals surface area contributed by atoms with Crippen molar-refractivity contribution in [3.63, 3.8) is 0 Å². The zero-order chi connectivity index (χ0) is 18.5. The number of fused-ring (bicyclic) bond motifs is 1. The van der Waals surface area contributed by atoms with Gasteiger partial charge in [0.25, 0.3) is 5.91 Å². The van der Waals surface area contributed by atoms with Crippen molar-refractivity contribution in [2.24, 2.45) is 5.92 Å². The highest BCUT2D eigenvalue weighted by Crippen LogP contribution is 2.34. The number of nitrogens with one attached hydrogen (secondary N) is 1. The SMILES string of the molecule is CCC1CCc2sc(C(=O)N(CC)CC(=O)NCc3cccs3)cc2C1. The summed E-state index contributed by atoms with van der Waals surface area (Å²) in [5.41, 5.74) is 1.34. The predicted octanol–water partition coefficient (Wildman–Crippen LogP) is 4.10. The van der Waals surface area contributed by atoms with E-state index in [-0.39, 0.29) is 18.4 Å². The summed E-state index contributed by atoms with van der Waals surface area (Å²) < 4.78 is 0. The van der Waals surface area contributed by atoms with E-state index in [2.05, 4.69) is 18.3 Å². The Morgan fingerprint density at radius 1 is 1.35 bits per heavy atom. The Morgan fingerprint density at radius 3 is 2.88 bits per heavy atom.